The summed E-state index contributed by atoms with van der Waals surface area (Å²) in [6.07, 6.45) is 0.960. The summed E-state index contributed by atoms with van der Waals surface area (Å²) in [4.78, 5) is 21.0. The molecule has 0 bridgehead atoms. The second-order valence-electron chi connectivity index (χ2n) is 4.09. The van der Waals surface area contributed by atoms with Crippen LogP contribution in [0.4, 0.5) is 0 Å². The van der Waals surface area contributed by atoms with Crippen molar-refractivity contribution >= 4 is 12.6 Å². The van der Waals surface area contributed by atoms with Crippen molar-refractivity contribution in [2.45, 2.75) is 27.2 Å². The molecule has 0 aliphatic rings. The zero-order valence-electron chi connectivity index (χ0n) is 10.2. The summed E-state index contributed by atoms with van der Waals surface area (Å²) in [7, 11) is -4.13. The van der Waals surface area contributed by atoms with Crippen molar-refractivity contribution in [2.75, 3.05) is 12.8 Å². The van der Waals surface area contributed by atoms with E-state index >= 15 is 0 Å². The molecular weight excluding hydrogens is 223 g/mol. The molecular formula is C12H21O3P. The van der Waals surface area contributed by atoms with E-state index in [0.717, 1.165) is 5.56 Å². The molecule has 0 saturated carbocycles. The van der Waals surface area contributed by atoms with Crippen molar-refractivity contribution in [3.63, 3.8) is 0 Å². The van der Waals surface area contributed by atoms with Gasteiger partial charge >= 0.3 is 96.7 Å². The van der Waals surface area contributed by atoms with E-state index in [2.05, 4.69) is 0 Å². The summed E-state index contributed by atoms with van der Waals surface area (Å²) < 4.78 is 5.32. The quantitative estimate of drug-likeness (QED) is 0.782. The van der Waals surface area contributed by atoms with Gasteiger partial charge in [-0.15, -0.1) is 0 Å². The predicted molar refractivity (Wildman–Crippen MR) is 69.0 cm³/mol. The first-order valence-electron chi connectivity index (χ1n) is 5.65. The van der Waals surface area contributed by atoms with E-state index in [1.54, 1.807) is 19.1 Å². The van der Waals surface area contributed by atoms with Crippen LogP contribution >= 0.6 is 7.28 Å². The molecule has 0 amide bonds. The molecule has 0 aliphatic carbocycles. The molecule has 4 heteroatoms. The Morgan fingerprint density at radius 2 is 1.69 bits per heavy atom. The Balaban J connectivity index is 3.15. The van der Waals surface area contributed by atoms with Gasteiger partial charge in [0.15, 0.2) is 0 Å². The average molecular weight is 244 g/mol. The van der Waals surface area contributed by atoms with Crippen LogP contribution in [0.1, 0.15) is 25.8 Å². The van der Waals surface area contributed by atoms with Gasteiger partial charge in [-0.25, -0.2) is 0 Å². The Labute approximate surface area is 97.3 Å². The first-order valence-corrected chi connectivity index (χ1v) is 7.89. The van der Waals surface area contributed by atoms with E-state index in [1.807, 2.05) is 26.0 Å². The molecule has 0 fully saturated rings. The van der Waals surface area contributed by atoms with E-state index in [4.69, 9.17) is 4.52 Å². The van der Waals surface area contributed by atoms with Crippen LogP contribution < -0.4 is 5.30 Å². The maximum atomic E-state index is 10.5. The van der Waals surface area contributed by atoms with Gasteiger partial charge in [-0.05, 0) is 0 Å². The summed E-state index contributed by atoms with van der Waals surface area (Å²) in [5.41, 5.74) is 1.09. The van der Waals surface area contributed by atoms with Gasteiger partial charge in [0.05, 0.1) is 0 Å². The fourth-order valence-electron chi connectivity index (χ4n) is 1.79. The summed E-state index contributed by atoms with van der Waals surface area (Å²) in [6, 6.07) is 7.24. The van der Waals surface area contributed by atoms with Gasteiger partial charge in [0, 0.05) is 0 Å². The van der Waals surface area contributed by atoms with Crippen LogP contribution in [-0.4, -0.2) is 22.6 Å². The summed E-state index contributed by atoms with van der Waals surface area (Å²) >= 11 is 0. The number of benzene rings is 1. The predicted octanol–water partition coefficient (Wildman–Crippen LogP) is 2.35. The van der Waals surface area contributed by atoms with Gasteiger partial charge in [0.25, 0.3) is 0 Å². The van der Waals surface area contributed by atoms with Crippen molar-refractivity contribution < 1.29 is 14.3 Å². The van der Waals surface area contributed by atoms with E-state index < -0.39 is 7.28 Å². The number of rotatable bonds is 5. The van der Waals surface area contributed by atoms with E-state index in [9.17, 15) is 9.79 Å². The van der Waals surface area contributed by atoms with Gasteiger partial charge in [0.1, 0.15) is 0 Å². The monoisotopic (exact) mass is 244 g/mol. The number of hydrogen-bond donors (Lipinski definition) is 2. The minimum absolute atomic E-state index is 0.280. The van der Waals surface area contributed by atoms with Gasteiger partial charge < -0.3 is 0 Å². The zero-order chi connectivity index (χ0) is 12.3. The molecule has 0 aromatic heterocycles. The van der Waals surface area contributed by atoms with Crippen molar-refractivity contribution in [1.82, 2.24) is 0 Å². The molecule has 0 radical (unpaired) electrons. The second-order valence-corrected chi connectivity index (χ2v) is 7.54. The van der Waals surface area contributed by atoms with E-state index in [1.165, 1.54) is 0 Å². The third kappa shape index (κ3) is 2.80. The molecule has 0 saturated heterocycles. The summed E-state index contributed by atoms with van der Waals surface area (Å²) in [5.74, 6) is 0. The van der Waals surface area contributed by atoms with Crippen molar-refractivity contribution in [3.8, 4) is 0 Å². The Hall–Kier alpha value is -0.470. The normalized spacial score (nSPS) is 14.4. The van der Waals surface area contributed by atoms with Gasteiger partial charge in [-0.3, -0.25) is 0 Å². The number of aryl methyl sites for hydroxylation is 1. The summed E-state index contributed by atoms with van der Waals surface area (Å²) in [5, 5.41) is 0.514. The van der Waals surface area contributed by atoms with Crippen LogP contribution in [0.3, 0.4) is 0 Å². The van der Waals surface area contributed by atoms with Crippen LogP contribution in [0.5, 0.6) is 0 Å². The van der Waals surface area contributed by atoms with Gasteiger partial charge in [0.2, 0.25) is 0 Å². The molecule has 1 aromatic rings. The van der Waals surface area contributed by atoms with E-state index in [-0.39, 0.29) is 6.16 Å². The van der Waals surface area contributed by atoms with Gasteiger partial charge in [-0.2, -0.15) is 0 Å². The molecule has 0 unspecified atom stereocenters. The second kappa shape index (κ2) is 4.80. The van der Waals surface area contributed by atoms with Gasteiger partial charge in [-0.1, -0.05) is 0 Å². The molecule has 1 rings (SSSR count). The Morgan fingerprint density at radius 1 is 1.12 bits per heavy atom. The summed E-state index contributed by atoms with van der Waals surface area (Å²) in [6.45, 7) is 5.96. The first-order chi connectivity index (χ1) is 7.41. The molecule has 0 spiro atoms. The Bertz CT molecular complexity index is 336. The molecule has 3 nitrogen and oxygen atoms in total. The molecule has 2 N–H and O–H groups in total. The third-order valence-electron chi connectivity index (χ3n) is 2.58. The molecule has 0 atom stereocenters. The van der Waals surface area contributed by atoms with Crippen LogP contribution in [0, 0.1) is 6.92 Å². The van der Waals surface area contributed by atoms with Crippen molar-refractivity contribution in [1.29, 1.82) is 0 Å². The van der Waals surface area contributed by atoms with Crippen molar-refractivity contribution in [2.24, 2.45) is 0 Å². The zero-order valence-corrected chi connectivity index (χ0v) is 11.1. The first kappa shape index (κ1) is 13.6. The SMILES string of the molecule is CCCP(O)(O)(OCC)c1ccc(C)cc1. The topological polar surface area (TPSA) is 49.7 Å². The standard InChI is InChI=1S/C12H21O3P/c1-4-10-16(13,14,15-5-2)12-8-6-11(3)7-9-12/h6-9,13-14H,4-5,10H2,1-3H3. The minimum atomic E-state index is -4.13. The third-order valence-corrected chi connectivity index (χ3v) is 5.97. The maximum absolute atomic E-state index is 10.5. The molecule has 0 aliphatic heterocycles. The molecule has 0 heterocycles. The molecule has 16 heavy (non-hydrogen) atoms. The van der Waals surface area contributed by atoms with Crippen LogP contribution in [-0.2, 0) is 4.52 Å². The fourth-order valence-corrected chi connectivity index (χ4v) is 4.42. The average Bonchev–Trinajstić information content (AvgIpc) is 2.18. The Morgan fingerprint density at radius 3 is 2.12 bits per heavy atom. The van der Waals surface area contributed by atoms with Crippen LogP contribution in [0.25, 0.3) is 0 Å². The molecule has 92 valence electrons. The Kier molecular flexibility index (Phi) is 4.08. The number of hydrogen-bond acceptors (Lipinski definition) is 3. The van der Waals surface area contributed by atoms with Crippen molar-refractivity contribution in [3.05, 3.63) is 29.8 Å². The van der Waals surface area contributed by atoms with Crippen LogP contribution in [0.2, 0.25) is 0 Å². The van der Waals surface area contributed by atoms with Crippen LogP contribution in [0.15, 0.2) is 24.3 Å². The van der Waals surface area contributed by atoms with E-state index in [0.29, 0.717) is 18.3 Å². The molecule has 1 aromatic carbocycles. The fraction of sp³-hybridized carbons (Fsp3) is 0.500.